The predicted octanol–water partition coefficient (Wildman–Crippen LogP) is 9.34. The van der Waals surface area contributed by atoms with Crippen molar-refractivity contribution in [2.45, 2.75) is 83.1 Å². The van der Waals surface area contributed by atoms with Crippen LogP contribution in [0.4, 0.5) is 11.4 Å². The summed E-state index contributed by atoms with van der Waals surface area (Å²) in [5, 5.41) is 6.06. The molecule has 52 heavy (non-hydrogen) atoms. The molecule has 1 amide bonds. The molecule has 4 aromatic carbocycles. The lowest BCUT2D eigenvalue weighted by Crippen LogP contribution is -2.40. The van der Waals surface area contributed by atoms with Crippen molar-refractivity contribution in [2.24, 2.45) is 0 Å². The Bertz CT molecular complexity index is 2070. The lowest BCUT2D eigenvalue weighted by Gasteiger charge is -2.32. The summed E-state index contributed by atoms with van der Waals surface area (Å²) >= 11 is 0. The van der Waals surface area contributed by atoms with Crippen molar-refractivity contribution in [3.8, 4) is 0 Å². The fourth-order valence-corrected chi connectivity index (χ4v) is 8.36. The minimum Gasteiger partial charge on any atom is -0.364 e. The topological polar surface area (TPSA) is 70.2 Å². The zero-order valence-corrected chi connectivity index (χ0v) is 31.4. The van der Waals surface area contributed by atoms with E-state index in [1.165, 1.54) is 56.8 Å². The van der Waals surface area contributed by atoms with Crippen LogP contribution in [0.5, 0.6) is 0 Å². The van der Waals surface area contributed by atoms with Gasteiger partial charge in [0.05, 0.1) is 6.04 Å². The SMILES string of the molecule is CN(OC(=O)CCCCCN1c2ccc3ccccc3c2C(C)(C)C1/C=C/C=C/C=C1/N(C)c2ccc3ccccc3c2C1(C)C)C(=O)CCC=O. The Morgan fingerprint density at radius 3 is 2.13 bits per heavy atom. The van der Waals surface area contributed by atoms with Crippen LogP contribution in [0.3, 0.4) is 0 Å². The van der Waals surface area contributed by atoms with E-state index >= 15 is 0 Å². The number of hydrogen-bond donors (Lipinski definition) is 0. The van der Waals surface area contributed by atoms with Gasteiger partial charge in [0.1, 0.15) is 6.29 Å². The fraction of sp³-hybridized carbons (Fsp3) is 0.356. The average Bonchev–Trinajstić information content (AvgIpc) is 3.47. The number of unbranched alkanes of at least 4 members (excludes halogenated alkanes) is 2. The highest BCUT2D eigenvalue weighted by Gasteiger charge is 2.44. The van der Waals surface area contributed by atoms with E-state index in [1.807, 2.05) is 0 Å². The largest absolute Gasteiger partial charge is 0.364 e. The third kappa shape index (κ3) is 7.01. The Kier molecular flexibility index (Phi) is 10.7. The van der Waals surface area contributed by atoms with Gasteiger partial charge < -0.3 is 19.4 Å². The first-order chi connectivity index (χ1) is 25.0. The number of hydrogen-bond acceptors (Lipinski definition) is 6. The van der Waals surface area contributed by atoms with Crippen LogP contribution < -0.4 is 9.80 Å². The first-order valence-corrected chi connectivity index (χ1v) is 18.5. The molecule has 2 heterocycles. The Labute approximate surface area is 308 Å². The molecule has 0 aliphatic carbocycles. The molecule has 0 saturated heterocycles. The highest BCUT2D eigenvalue weighted by atomic mass is 16.7. The Morgan fingerprint density at radius 2 is 1.44 bits per heavy atom. The normalized spacial score (nSPS) is 18.1. The molecule has 0 fully saturated rings. The van der Waals surface area contributed by atoms with Crippen LogP contribution in [0.2, 0.25) is 0 Å². The molecule has 0 bridgehead atoms. The monoisotopic (exact) mass is 697 g/mol. The second-order valence-electron chi connectivity index (χ2n) is 15.1. The molecule has 1 atom stereocenters. The van der Waals surface area contributed by atoms with Crippen LogP contribution in [0.25, 0.3) is 21.5 Å². The number of hydroxylamine groups is 2. The molecular weight excluding hydrogens is 647 g/mol. The lowest BCUT2D eigenvalue weighted by atomic mass is 9.78. The zero-order valence-electron chi connectivity index (χ0n) is 31.4. The molecule has 1 unspecified atom stereocenters. The van der Waals surface area contributed by atoms with Crippen molar-refractivity contribution < 1.29 is 19.2 Å². The van der Waals surface area contributed by atoms with Gasteiger partial charge in [-0.25, -0.2) is 4.79 Å². The smallest absolute Gasteiger partial charge is 0.332 e. The summed E-state index contributed by atoms with van der Waals surface area (Å²) in [6.45, 7) is 10.2. The number of fused-ring (bicyclic) bond motifs is 6. The Balaban J connectivity index is 1.16. The molecule has 0 saturated carbocycles. The third-order valence-corrected chi connectivity index (χ3v) is 10.9. The first-order valence-electron chi connectivity index (χ1n) is 18.5. The molecule has 2 aliphatic rings. The number of anilines is 2. The van der Waals surface area contributed by atoms with Crippen LogP contribution in [-0.2, 0) is 30.1 Å². The molecule has 6 rings (SSSR count). The van der Waals surface area contributed by atoms with Crippen LogP contribution in [0.15, 0.2) is 109 Å². The maximum atomic E-state index is 12.4. The number of likely N-dealkylation sites (N-methyl/N-ethyl adjacent to an activating group) is 1. The van der Waals surface area contributed by atoms with E-state index in [0.29, 0.717) is 12.7 Å². The summed E-state index contributed by atoms with van der Waals surface area (Å²) in [6, 6.07) is 26.4. The summed E-state index contributed by atoms with van der Waals surface area (Å²) in [6.07, 6.45) is 14.6. The van der Waals surface area contributed by atoms with Crippen molar-refractivity contribution in [3.63, 3.8) is 0 Å². The summed E-state index contributed by atoms with van der Waals surface area (Å²) in [4.78, 5) is 44.9. The molecule has 7 heteroatoms. The number of benzene rings is 4. The maximum absolute atomic E-state index is 12.4. The van der Waals surface area contributed by atoms with Gasteiger partial charge in [-0.2, -0.15) is 5.06 Å². The minimum absolute atomic E-state index is 0.0291. The van der Waals surface area contributed by atoms with Gasteiger partial charge in [0.15, 0.2) is 0 Å². The maximum Gasteiger partial charge on any atom is 0.332 e. The summed E-state index contributed by atoms with van der Waals surface area (Å²) in [5.41, 5.74) is 6.27. The minimum atomic E-state index is -0.437. The van der Waals surface area contributed by atoms with Gasteiger partial charge in [-0.3, -0.25) is 4.79 Å². The van der Waals surface area contributed by atoms with Gasteiger partial charge in [0.2, 0.25) is 0 Å². The van der Waals surface area contributed by atoms with Crippen LogP contribution in [-0.4, -0.2) is 49.9 Å². The highest BCUT2D eigenvalue weighted by Crippen LogP contribution is 2.51. The van der Waals surface area contributed by atoms with Crippen LogP contribution in [0.1, 0.15) is 77.3 Å². The number of nitrogens with zero attached hydrogens (tertiary/aromatic N) is 3. The fourth-order valence-electron chi connectivity index (χ4n) is 8.36. The van der Waals surface area contributed by atoms with Crippen molar-refractivity contribution >= 4 is 51.1 Å². The van der Waals surface area contributed by atoms with Gasteiger partial charge in [-0.05, 0) is 63.7 Å². The van der Waals surface area contributed by atoms with E-state index in [1.54, 1.807) is 0 Å². The van der Waals surface area contributed by atoms with Crippen molar-refractivity contribution in [1.82, 2.24) is 5.06 Å². The lowest BCUT2D eigenvalue weighted by molar-refractivity contribution is -0.192. The molecule has 0 spiro atoms. The van der Waals surface area contributed by atoms with Crippen LogP contribution in [0, 0.1) is 0 Å². The van der Waals surface area contributed by atoms with Crippen molar-refractivity contribution in [3.05, 3.63) is 120 Å². The van der Waals surface area contributed by atoms with Crippen molar-refractivity contribution in [1.29, 1.82) is 0 Å². The van der Waals surface area contributed by atoms with Gasteiger partial charge >= 0.3 is 5.97 Å². The second kappa shape index (κ2) is 15.2. The molecule has 0 N–H and O–H groups in total. The Hall–Kier alpha value is -5.17. The highest BCUT2D eigenvalue weighted by molar-refractivity contribution is 5.95. The second-order valence-corrected chi connectivity index (χ2v) is 15.1. The predicted molar refractivity (Wildman–Crippen MR) is 212 cm³/mol. The number of carbonyl (C=O) groups excluding carboxylic acids is 3. The third-order valence-electron chi connectivity index (χ3n) is 10.9. The van der Waals surface area contributed by atoms with E-state index in [2.05, 4.69) is 148 Å². The number of carbonyl (C=O) groups is 3. The van der Waals surface area contributed by atoms with E-state index < -0.39 is 5.97 Å². The number of aldehydes is 1. The summed E-state index contributed by atoms with van der Waals surface area (Å²) < 4.78 is 0. The first kappa shape index (κ1) is 36.6. The summed E-state index contributed by atoms with van der Waals surface area (Å²) in [7, 11) is 3.58. The molecule has 7 nitrogen and oxygen atoms in total. The van der Waals surface area contributed by atoms with Crippen LogP contribution >= 0.6 is 0 Å². The van der Waals surface area contributed by atoms with Gasteiger partial charge in [0.25, 0.3) is 5.91 Å². The van der Waals surface area contributed by atoms with E-state index in [4.69, 9.17) is 4.84 Å². The number of amides is 1. The molecular formula is C45H51N3O4. The quantitative estimate of drug-likeness (QED) is 0.0636. The van der Waals surface area contributed by atoms with E-state index in [9.17, 15) is 14.4 Å². The van der Waals surface area contributed by atoms with Crippen molar-refractivity contribution in [2.75, 3.05) is 30.4 Å². The number of rotatable bonds is 12. The Morgan fingerprint density at radius 1 is 0.788 bits per heavy atom. The molecule has 0 aromatic heterocycles. The molecule has 4 aromatic rings. The molecule has 2 aliphatic heterocycles. The zero-order chi connectivity index (χ0) is 37.0. The standard InChI is InChI=1S/C45H51N3O4/c1-44(2)38(46(5)36-28-26-32-18-12-14-20-34(32)42(36)44)22-9-7-10-23-39-45(3,4)43-35-21-15-13-19-33(35)27-29-37(43)48(39)30-16-8-11-25-41(51)52-47(6)40(50)24-17-31-49/h7,9-10,12-15,18-23,26-29,31,39H,8,11,16-17,24-25,30H2,1-6H3/b9-7+,23-10+,38-22+. The van der Waals surface area contributed by atoms with E-state index in [0.717, 1.165) is 24.4 Å². The van der Waals surface area contributed by atoms with Gasteiger partial charge in [-0.15, -0.1) is 0 Å². The summed E-state index contributed by atoms with van der Waals surface area (Å²) in [5.74, 6) is -0.823. The average molecular weight is 698 g/mol. The molecule has 0 radical (unpaired) electrons. The number of allylic oxidation sites excluding steroid dienone is 5. The van der Waals surface area contributed by atoms with Gasteiger partial charge in [-0.1, -0.05) is 119 Å². The van der Waals surface area contributed by atoms with E-state index in [-0.39, 0.29) is 42.0 Å². The van der Waals surface area contributed by atoms with Gasteiger partial charge in [0, 0.05) is 67.8 Å². The molecule has 270 valence electrons.